The molecule has 4 heteroatoms. The first-order chi connectivity index (χ1) is 8.69. The molecule has 2 nitrogen and oxygen atoms in total. The maximum atomic E-state index is 13.9. The zero-order valence-corrected chi connectivity index (χ0v) is 9.53. The van der Waals surface area contributed by atoms with Crippen molar-refractivity contribution in [1.82, 2.24) is 0 Å². The molecule has 0 aromatic heterocycles. The summed E-state index contributed by atoms with van der Waals surface area (Å²) < 4.78 is 27.7. The van der Waals surface area contributed by atoms with Gasteiger partial charge in [-0.3, -0.25) is 0 Å². The molecule has 0 atom stereocenters. The Labute approximate surface area is 103 Å². The van der Waals surface area contributed by atoms with Crippen LogP contribution < -0.4 is 0 Å². The van der Waals surface area contributed by atoms with Crippen molar-refractivity contribution >= 4 is 0 Å². The van der Waals surface area contributed by atoms with Crippen LogP contribution in [0.25, 0.3) is 11.1 Å². The monoisotopic (exact) mass is 250 g/mol. The van der Waals surface area contributed by atoms with Crippen LogP contribution in [0.1, 0.15) is 11.1 Å². The van der Waals surface area contributed by atoms with E-state index in [4.69, 9.17) is 0 Å². The molecule has 2 aromatic rings. The third-order valence-corrected chi connectivity index (χ3v) is 2.79. The zero-order valence-electron chi connectivity index (χ0n) is 9.53. The van der Waals surface area contributed by atoms with E-state index in [0.717, 1.165) is 0 Å². The first-order valence-corrected chi connectivity index (χ1v) is 5.46. The predicted octanol–water partition coefficient (Wildman–Crippen LogP) is 2.62. The fourth-order valence-corrected chi connectivity index (χ4v) is 1.96. The Balaban J connectivity index is 2.76. The smallest absolute Gasteiger partial charge is 0.131 e. The SMILES string of the molecule is OCc1cccc(F)c1-c1c(F)cccc1CO. The maximum Gasteiger partial charge on any atom is 0.131 e. The topological polar surface area (TPSA) is 40.5 Å². The minimum atomic E-state index is -0.624. The Hall–Kier alpha value is -1.78. The Morgan fingerprint density at radius 1 is 0.722 bits per heavy atom. The van der Waals surface area contributed by atoms with Gasteiger partial charge in [0.1, 0.15) is 11.6 Å². The van der Waals surface area contributed by atoms with E-state index in [2.05, 4.69) is 0 Å². The van der Waals surface area contributed by atoms with Gasteiger partial charge in [0.15, 0.2) is 0 Å². The molecule has 0 aliphatic rings. The first kappa shape index (κ1) is 12.7. The number of benzene rings is 2. The van der Waals surface area contributed by atoms with Crippen LogP contribution in [0.4, 0.5) is 8.78 Å². The lowest BCUT2D eigenvalue weighted by Gasteiger charge is -2.13. The Kier molecular flexibility index (Phi) is 3.69. The molecular weight excluding hydrogens is 238 g/mol. The summed E-state index contributed by atoms with van der Waals surface area (Å²) in [6, 6.07) is 8.33. The second-order valence-electron chi connectivity index (χ2n) is 3.86. The highest BCUT2D eigenvalue weighted by molar-refractivity contribution is 5.71. The van der Waals surface area contributed by atoms with Crippen molar-refractivity contribution < 1.29 is 19.0 Å². The summed E-state index contributed by atoms with van der Waals surface area (Å²) in [5.74, 6) is -1.25. The van der Waals surface area contributed by atoms with Crippen molar-refractivity contribution in [2.75, 3.05) is 0 Å². The Morgan fingerprint density at radius 3 is 1.44 bits per heavy atom. The zero-order chi connectivity index (χ0) is 13.1. The summed E-state index contributed by atoms with van der Waals surface area (Å²) in [6.45, 7) is -0.793. The quantitative estimate of drug-likeness (QED) is 0.879. The molecule has 0 radical (unpaired) electrons. The normalized spacial score (nSPS) is 10.7. The molecule has 2 aromatic carbocycles. The minimum absolute atomic E-state index is 0.00199. The molecule has 0 amide bonds. The Morgan fingerprint density at radius 2 is 1.11 bits per heavy atom. The van der Waals surface area contributed by atoms with Crippen molar-refractivity contribution in [3.8, 4) is 11.1 Å². The fraction of sp³-hybridized carbons (Fsp3) is 0.143. The largest absolute Gasteiger partial charge is 0.392 e. The van der Waals surface area contributed by atoms with Crippen molar-refractivity contribution in [2.45, 2.75) is 13.2 Å². The molecule has 0 saturated heterocycles. The average molecular weight is 250 g/mol. The van der Waals surface area contributed by atoms with Crippen LogP contribution in [-0.4, -0.2) is 10.2 Å². The molecule has 0 unspecified atom stereocenters. The summed E-state index contributed by atoms with van der Waals surface area (Å²) in [4.78, 5) is 0. The number of aliphatic hydroxyl groups excluding tert-OH is 2. The van der Waals surface area contributed by atoms with Crippen LogP contribution in [-0.2, 0) is 13.2 Å². The van der Waals surface area contributed by atoms with Crippen molar-refractivity contribution in [1.29, 1.82) is 0 Å². The van der Waals surface area contributed by atoms with Gasteiger partial charge >= 0.3 is 0 Å². The van der Waals surface area contributed by atoms with E-state index in [1.807, 2.05) is 0 Å². The molecular formula is C14H12F2O2. The van der Waals surface area contributed by atoms with E-state index in [0.29, 0.717) is 0 Å². The van der Waals surface area contributed by atoms with Gasteiger partial charge in [-0.15, -0.1) is 0 Å². The lowest BCUT2D eigenvalue weighted by Crippen LogP contribution is -2.00. The summed E-state index contributed by atoms with van der Waals surface area (Å²) in [5, 5.41) is 18.4. The molecule has 0 spiro atoms. The minimum Gasteiger partial charge on any atom is -0.392 e. The molecule has 0 bridgehead atoms. The number of rotatable bonds is 3. The van der Waals surface area contributed by atoms with Crippen LogP contribution in [0.5, 0.6) is 0 Å². The molecule has 0 heterocycles. The molecule has 2 rings (SSSR count). The molecule has 0 aliphatic heterocycles. The van der Waals surface area contributed by atoms with E-state index >= 15 is 0 Å². The molecule has 0 saturated carbocycles. The van der Waals surface area contributed by atoms with Gasteiger partial charge in [0.2, 0.25) is 0 Å². The summed E-state index contributed by atoms with van der Waals surface area (Å²) >= 11 is 0. The van der Waals surface area contributed by atoms with E-state index in [-0.39, 0.29) is 22.3 Å². The summed E-state index contributed by atoms with van der Waals surface area (Å²) in [5.41, 5.74) is 0.578. The molecule has 0 fully saturated rings. The maximum absolute atomic E-state index is 13.9. The van der Waals surface area contributed by atoms with Gasteiger partial charge in [0, 0.05) is 11.1 Å². The van der Waals surface area contributed by atoms with Gasteiger partial charge in [-0.05, 0) is 23.3 Å². The van der Waals surface area contributed by atoms with Gasteiger partial charge in [0.05, 0.1) is 13.2 Å². The summed E-state index contributed by atoms with van der Waals surface area (Å²) in [6.07, 6.45) is 0. The van der Waals surface area contributed by atoms with Crippen LogP contribution in [0, 0.1) is 11.6 Å². The van der Waals surface area contributed by atoms with Crippen LogP contribution >= 0.6 is 0 Å². The summed E-state index contributed by atoms with van der Waals surface area (Å²) in [7, 11) is 0. The van der Waals surface area contributed by atoms with Crippen LogP contribution in [0.3, 0.4) is 0 Å². The van der Waals surface area contributed by atoms with E-state index in [1.54, 1.807) is 0 Å². The molecule has 2 N–H and O–H groups in total. The Bertz CT molecular complexity index is 516. The van der Waals surface area contributed by atoms with Gasteiger partial charge in [0.25, 0.3) is 0 Å². The van der Waals surface area contributed by atoms with Gasteiger partial charge in [-0.2, -0.15) is 0 Å². The van der Waals surface area contributed by atoms with Gasteiger partial charge in [-0.25, -0.2) is 8.78 Å². The fourth-order valence-electron chi connectivity index (χ4n) is 1.96. The molecule has 94 valence electrons. The third kappa shape index (κ3) is 2.12. The predicted molar refractivity (Wildman–Crippen MR) is 63.6 cm³/mol. The van der Waals surface area contributed by atoms with Crippen LogP contribution in [0.2, 0.25) is 0 Å². The van der Waals surface area contributed by atoms with Gasteiger partial charge < -0.3 is 10.2 Å². The van der Waals surface area contributed by atoms with Crippen LogP contribution in [0.15, 0.2) is 36.4 Å². The number of halogens is 2. The van der Waals surface area contributed by atoms with E-state index < -0.39 is 24.8 Å². The highest BCUT2D eigenvalue weighted by Crippen LogP contribution is 2.32. The lowest BCUT2D eigenvalue weighted by molar-refractivity contribution is 0.279. The average Bonchev–Trinajstić information content (AvgIpc) is 2.38. The van der Waals surface area contributed by atoms with Crippen molar-refractivity contribution in [3.63, 3.8) is 0 Å². The van der Waals surface area contributed by atoms with Crippen molar-refractivity contribution in [3.05, 3.63) is 59.2 Å². The molecule has 18 heavy (non-hydrogen) atoms. The first-order valence-electron chi connectivity index (χ1n) is 5.46. The number of aliphatic hydroxyl groups is 2. The van der Waals surface area contributed by atoms with Crippen molar-refractivity contribution in [2.24, 2.45) is 0 Å². The highest BCUT2D eigenvalue weighted by atomic mass is 19.1. The van der Waals surface area contributed by atoms with Gasteiger partial charge in [-0.1, -0.05) is 24.3 Å². The third-order valence-electron chi connectivity index (χ3n) is 2.79. The molecule has 0 aliphatic carbocycles. The lowest BCUT2D eigenvalue weighted by atomic mass is 9.95. The standard InChI is InChI=1S/C14H12F2O2/c15-11-5-1-3-9(7-17)13(11)14-10(8-18)4-2-6-12(14)16/h1-6,17-18H,7-8H2. The number of hydrogen-bond donors (Lipinski definition) is 2. The highest BCUT2D eigenvalue weighted by Gasteiger charge is 2.17. The van der Waals surface area contributed by atoms with E-state index in [1.165, 1.54) is 36.4 Å². The second kappa shape index (κ2) is 5.25. The second-order valence-corrected chi connectivity index (χ2v) is 3.86. The number of hydrogen-bond acceptors (Lipinski definition) is 2. The van der Waals surface area contributed by atoms with E-state index in [9.17, 15) is 19.0 Å².